The summed E-state index contributed by atoms with van der Waals surface area (Å²) < 4.78 is 4.57. The topological polar surface area (TPSA) is 50.1 Å². The summed E-state index contributed by atoms with van der Waals surface area (Å²) in [6.07, 6.45) is 3.35. The minimum Gasteiger partial charge on any atom is -0.399 e. The molecule has 0 aliphatic rings. The van der Waals surface area contributed by atoms with Crippen LogP contribution in [0.3, 0.4) is 0 Å². The molecular formula is C12H15NO2S. The van der Waals surface area contributed by atoms with Gasteiger partial charge in [0.25, 0.3) is 0 Å². The van der Waals surface area contributed by atoms with Crippen LogP contribution in [0.4, 0.5) is 4.79 Å². The van der Waals surface area contributed by atoms with E-state index in [2.05, 4.69) is 24.3 Å². The van der Waals surface area contributed by atoms with E-state index in [1.807, 2.05) is 12.1 Å². The third-order valence-corrected chi connectivity index (χ3v) is 2.32. The standard InChI is InChI=1S/C12H15NO2S/c1-2-3-4-9-5-7-10(8-6-9)11(13)15-12(14)16/h5-8,13H,2-4H2,1H3,(H,14,16). The van der Waals surface area contributed by atoms with Crippen LogP contribution in [0, 0.1) is 5.41 Å². The van der Waals surface area contributed by atoms with Crippen molar-refractivity contribution in [1.82, 2.24) is 0 Å². The third-order valence-electron chi connectivity index (χ3n) is 2.22. The molecule has 4 heteroatoms. The average Bonchev–Trinajstić information content (AvgIpc) is 2.26. The van der Waals surface area contributed by atoms with Crippen LogP contribution in [-0.4, -0.2) is 11.2 Å². The van der Waals surface area contributed by atoms with Gasteiger partial charge in [-0.1, -0.05) is 38.1 Å². The molecule has 1 rings (SSSR count). The molecule has 1 aromatic carbocycles. The molecule has 86 valence electrons. The van der Waals surface area contributed by atoms with Gasteiger partial charge in [-0.05, 0) is 30.5 Å². The lowest BCUT2D eigenvalue weighted by molar-refractivity contribution is 0.225. The molecule has 0 heterocycles. The number of rotatable bonds is 4. The number of nitrogens with one attached hydrogen (secondary N) is 1. The Balaban J connectivity index is 2.63. The number of ether oxygens (including phenoxy) is 1. The van der Waals surface area contributed by atoms with Gasteiger partial charge in [0.1, 0.15) is 0 Å². The van der Waals surface area contributed by atoms with Gasteiger partial charge >= 0.3 is 5.30 Å². The van der Waals surface area contributed by atoms with Crippen LogP contribution in [0.1, 0.15) is 30.9 Å². The van der Waals surface area contributed by atoms with Crippen LogP contribution in [0.25, 0.3) is 0 Å². The Morgan fingerprint density at radius 1 is 1.38 bits per heavy atom. The van der Waals surface area contributed by atoms with Crippen molar-refractivity contribution in [2.45, 2.75) is 26.2 Å². The quantitative estimate of drug-likeness (QED) is 0.365. The Labute approximate surface area is 101 Å². The maximum atomic E-state index is 10.5. The number of hydrogen-bond acceptors (Lipinski definition) is 3. The second-order valence-electron chi connectivity index (χ2n) is 3.50. The van der Waals surface area contributed by atoms with Gasteiger partial charge in [0.15, 0.2) is 0 Å². The van der Waals surface area contributed by atoms with Crippen LogP contribution in [0.5, 0.6) is 0 Å². The third kappa shape index (κ3) is 4.06. The predicted octanol–water partition coefficient (Wildman–Crippen LogP) is 3.42. The SMILES string of the molecule is CCCCc1ccc(C(=N)OC(=O)S)cc1. The predicted molar refractivity (Wildman–Crippen MR) is 67.3 cm³/mol. The Hall–Kier alpha value is -1.29. The van der Waals surface area contributed by atoms with Gasteiger partial charge in [-0.3, -0.25) is 5.41 Å². The molecular weight excluding hydrogens is 222 g/mol. The fourth-order valence-corrected chi connectivity index (χ4v) is 1.44. The molecule has 0 unspecified atom stereocenters. The molecule has 0 aromatic heterocycles. The van der Waals surface area contributed by atoms with Crippen molar-refractivity contribution in [3.05, 3.63) is 35.4 Å². The highest BCUT2D eigenvalue weighted by atomic mass is 32.1. The van der Waals surface area contributed by atoms with Crippen molar-refractivity contribution < 1.29 is 9.53 Å². The first-order chi connectivity index (χ1) is 7.63. The number of benzene rings is 1. The van der Waals surface area contributed by atoms with Gasteiger partial charge in [0.2, 0.25) is 5.90 Å². The van der Waals surface area contributed by atoms with Gasteiger partial charge in [0.05, 0.1) is 0 Å². The molecule has 3 nitrogen and oxygen atoms in total. The van der Waals surface area contributed by atoms with E-state index in [1.165, 1.54) is 5.56 Å². The van der Waals surface area contributed by atoms with Crippen molar-refractivity contribution in [2.24, 2.45) is 0 Å². The van der Waals surface area contributed by atoms with Gasteiger partial charge in [0, 0.05) is 5.56 Å². The largest absolute Gasteiger partial charge is 0.399 e. The zero-order valence-electron chi connectivity index (χ0n) is 9.19. The Bertz CT molecular complexity index is 373. The molecule has 0 amide bonds. The number of carbonyl (C=O) groups excluding carboxylic acids is 1. The van der Waals surface area contributed by atoms with Gasteiger partial charge in [-0.2, -0.15) is 0 Å². The lowest BCUT2D eigenvalue weighted by Gasteiger charge is -2.04. The summed E-state index contributed by atoms with van der Waals surface area (Å²) in [4.78, 5) is 10.5. The van der Waals surface area contributed by atoms with Crippen LogP contribution >= 0.6 is 12.6 Å². The Morgan fingerprint density at radius 3 is 2.50 bits per heavy atom. The average molecular weight is 237 g/mol. The fraction of sp³-hybridized carbons (Fsp3) is 0.333. The molecule has 0 aliphatic carbocycles. The fourth-order valence-electron chi connectivity index (χ4n) is 1.35. The zero-order valence-corrected chi connectivity index (χ0v) is 10.1. The Kier molecular flexibility index (Phi) is 5.05. The molecule has 0 spiro atoms. The smallest absolute Gasteiger partial charge is 0.370 e. The molecule has 0 fully saturated rings. The van der Waals surface area contributed by atoms with Gasteiger partial charge in [-0.25, -0.2) is 4.79 Å². The first kappa shape index (κ1) is 12.8. The van der Waals surface area contributed by atoms with E-state index < -0.39 is 5.30 Å². The number of thiol groups is 1. The summed E-state index contributed by atoms with van der Waals surface area (Å²) in [5, 5.41) is 6.71. The molecule has 16 heavy (non-hydrogen) atoms. The van der Waals surface area contributed by atoms with Crippen molar-refractivity contribution in [3.8, 4) is 0 Å². The van der Waals surface area contributed by atoms with Crippen molar-refractivity contribution in [1.29, 1.82) is 5.41 Å². The minimum atomic E-state index is -0.764. The molecule has 0 atom stereocenters. The Morgan fingerprint density at radius 2 is 2.00 bits per heavy atom. The lowest BCUT2D eigenvalue weighted by Crippen LogP contribution is -2.06. The highest BCUT2D eigenvalue weighted by Crippen LogP contribution is 2.09. The van der Waals surface area contributed by atoms with E-state index in [1.54, 1.807) is 12.1 Å². The maximum Gasteiger partial charge on any atom is 0.370 e. The minimum absolute atomic E-state index is 0.165. The van der Waals surface area contributed by atoms with E-state index in [-0.39, 0.29) is 5.90 Å². The zero-order chi connectivity index (χ0) is 12.0. The summed E-state index contributed by atoms with van der Waals surface area (Å²) in [5.41, 5.74) is 1.82. The monoisotopic (exact) mass is 237 g/mol. The maximum absolute atomic E-state index is 10.5. The number of unbranched alkanes of at least 4 members (excludes halogenated alkanes) is 1. The molecule has 0 saturated carbocycles. The van der Waals surface area contributed by atoms with E-state index in [9.17, 15) is 4.79 Å². The van der Waals surface area contributed by atoms with Crippen molar-refractivity contribution >= 4 is 23.8 Å². The summed E-state index contributed by atoms with van der Waals surface area (Å²) in [6.45, 7) is 2.15. The van der Waals surface area contributed by atoms with Crippen molar-refractivity contribution in [3.63, 3.8) is 0 Å². The summed E-state index contributed by atoms with van der Waals surface area (Å²) >= 11 is 3.45. The molecule has 0 aliphatic heterocycles. The molecule has 0 bridgehead atoms. The second-order valence-corrected chi connectivity index (χ2v) is 3.86. The molecule has 0 saturated heterocycles. The van der Waals surface area contributed by atoms with E-state index >= 15 is 0 Å². The van der Waals surface area contributed by atoms with Crippen LogP contribution in [0.15, 0.2) is 24.3 Å². The summed E-state index contributed by atoms with van der Waals surface area (Å²) in [7, 11) is 0. The van der Waals surface area contributed by atoms with E-state index in [0.717, 1.165) is 19.3 Å². The number of carbonyl (C=O) groups is 1. The number of aryl methyl sites for hydroxylation is 1. The van der Waals surface area contributed by atoms with E-state index in [4.69, 9.17) is 5.41 Å². The second kappa shape index (κ2) is 6.33. The summed E-state index contributed by atoms with van der Waals surface area (Å²) in [5.74, 6) is -0.165. The van der Waals surface area contributed by atoms with Crippen LogP contribution in [0.2, 0.25) is 0 Å². The highest BCUT2D eigenvalue weighted by molar-refractivity contribution is 7.96. The van der Waals surface area contributed by atoms with Crippen LogP contribution < -0.4 is 0 Å². The first-order valence-corrected chi connectivity index (χ1v) is 5.67. The highest BCUT2D eigenvalue weighted by Gasteiger charge is 2.05. The normalized spacial score (nSPS) is 9.88. The molecule has 0 radical (unpaired) electrons. The number of hydrogen-bond donors (Lipinski definition) is 2. The molecule has 1 aromatic rings. The van der Waals surface area contributed by atoms with Crippen LogP contribution in [-0.2, 0) is 11.2 Å². The lowest BCUT2D eigenvalue weighted by atomic mass is 10.1. The molecule has 1 N–H and O–H groups in total. The first-order valence-electron chi connectivity index (χ1n) is 5.22. The van der Waals surface area contributed by atoms with Crippen molar-refractivity contribution in [2.75, 3.05) is 0 Å². The van der Waals surface area contributed by atoms with E-state index in [0.29, 0.717) is 5.56 Å². The van der Waals surface area contributed by atoms with Gasteiger partial charge in [-0.15, -0.1) is 0 Å². The summed E-state index contributed by atoms with van der Waals surface area (Å²) in [6, 6.07) is 7.46. The van der Waals surface area contributed by atoms with Gasteiger partial charge < -0.3 is 4.74 Å².